The summed E-state index contributed by atoms with van der Waals surface area (Å²) in [6.45, 7) is 3.76. The lowest BCUT2D eigenvalue weighted by Crippen LogP contribution is -2.10. The van der Waals surface area contributed by atoms with Crippen molar-refractivity contribution in [1.29, 1.82) is 0 Å². The van der Waals surface area contributed by atoms with Crippen molar-refractivity contribution in [3.63, 3.8) is 0 Å². The number of carbonyl (C=O) groups is 1. The fourth-order valence-electron chi connectivity index (χ4n) is 1.72. The Morgan fingerprint density at radius 1 is 1.50 bits per heavy atom. The Morgan fingerprint density at radius 3 is 2.94 bits per heavy atom. The standard InChI is InChI=1S/C14H20O2/c1-3-7-12(2)16-14(15)11-10-13-8-5-4-6-9-13/h3,7-8,10-12H,4-6,9H2,1-2H3/b7-3+,11-10+. The average molecular weight is 220 g/mol. The minimum Gasteiger partial charge on any atom is -0.455 e. The van der Waals surface area contributed by atoms with Crippen LogP contribution < -0.4 is 0 Å². The van der Waals surface area contributed by atoms with Crippen LogP contribution in [0.4, 0.5) is 0 Å². The lowest BCUT2D eigenvalue weighted by atomic mass is 9.99. The van der Waals surface area contributed by atoms with Gasteiger partial charge in [0.2, 0.25) is 0 Å². The van der Waals surface area contributed by atoms with Crippen LogP contribution in [-0.2, 0) is 9.53 Å². The first-order valence-corrected chi connectivity index (χ1v) is 5.93. The zero-order chi connectivity index (χ0) is 11.8. The van der Waals surface area contributed by atoms with Crippen molar-refractivity contribution < 1.29 is 9.53 Å². The molecular weight excluding hydrogens is 200 g/mol. The number of hydrogen-bond donors (Lipinski definition) is 0. The maximum absolute atomic E-state index is 11.4. The Morgan fingerprint density at radius 2 is 2.31 bits per heavy atom. The highest BCUT2D eigenvalue weighted by Gasteiger charge is 2.04. The monoisotopic (exact) mass is 220 g/mol. The summed E-state index contributed by atoms with van der Waals surface area (Å²) in [6.07, 6.45) is 13.9. The van der Waals surface area contributed by atoms with E-state index in [2.05, 4.69) is 6.08 Å². The largest absolute Gasteiger partial charge is 0.455 e. The van der Waals surface area contributed by atoms with Crippen molar-refractivity contribution >= 4 is 5.97 Å². The Hall–Kier alpha value is -1.31. The minimum absolute atomic E-state index is 0.150. The van der Waals surface area contributed by atoms with Crippen LogP contribution in [0.1, 0.15) is 39.5 Å². The summed E-state index contributed by atoms with van der Waals surface area (Å²) >= 11 is 0. The van der Waals surface area contributed by atoms with Gasteiger partial charge in [-0.1, -0.05) is 23.8 Å². The van der Waals surface area contributed by atoms with Gasteiger partial charge in [0, 0.05) is 6.08 Å². The van der Waals surface area contributed by atoms with E-state index in [9.17, 15) is 4.79 Å². The second kappa shape index (κ2) is 7.04. The topological polar surface area (TPSA) is 26.3 Å². The molecule has 0 aromatic rings. The molecule has 1 aliphatic rings. The molecule has 0 aliphatic heterocycles. The molecular formula is C14H20O2. The summed E-state index contributed by atoms with van der Waals surface area (Å²) in [7, 11) is 0. The van der Waals surface area contributed by atoms with E-state index in [4.69, 9.17) is 4.74 Å². The summed E-state index contributed by atoms with van der Waals surface area (Å²) in [4.78, 5) is 11.4. The Kier molecular flexibility index (Phi) is 5.62. The van der Waals surface area contributed by atoms with Crippen LogP contribution in [0, 0.1) is 0 Å². The average Bonchev–Trinajstić information content (AvgIpc) is 2.28. The third-order valence-corrected chi connectivity index (χ3v) is 2.53. The molecule has 0 aromatic carbocycles. The van der Waals surface area contributed by atoms with Crippen LogP contribution in [0.5, 0.6) is 0 Å². The highest BCUT2D eigenvalue weighted by Crippen LogP contribution is 2.18. The number of allylic oxidation sites excluding steroid dienone is 4. The van der Waals surface area contributed by atoms with Crippen molar-refractivity contribution in [2.75, 3.05) is 0 Å². The quantitative estimate of drug-likeness (QED) is 0.411. The summed E-state index contributed by atoms with van der Waals surface area (Å²) in [5, 5.41) is 0. The molecule has 1 aliphatic carbocycles. The first-order valence-electron chi connectivity index (χ1n) is 5.93. The molecule has 0 N–H and O–H groups in total. The van der Waals surface area contributed by atoms with Gasteiger partial charge in [-0.25, -0.2) is 4.79 Å². The molecule has 0 bridgehead atoms. The van der Waals surface area contributed by atoms with Gasteiger partial charge in [-0.15, -0.1) is 0 Å². The van der Waals surface area contributed by atoms with Crippen LogP contribution in [-0.4, -0.2) is 12.1 Å². The lowest BCUT2D eigenvalue weighted by molar-refractivity contribution is -0.140. The van der Waals surface area contributed by atoms with E-state index in [1.165, 1.54) is 24.5 Å². The minimum atomic E-state index is -0.267. The first kappa shape index (κ1) is 12.8. The van der Waals surface area contributed by atoms with Crippen molar-refractivity contribution in [2.45, 2.75) is 45.6 Å². The van der Waals surface area contributed by atoms with E-state index in [1.807, 2.05) is 32.1 Å². The van der Waals surface area contributed by atoms with Gasteiger partial charge in [-0.2, -0.15) is 0 Å². The van der Waals surface area contributed by atoms with Crippen molar-refractivity contribution in [2.24, 2.45) is 0 Å². The molecule has 0 radical (unpaired) electrons. The summed E-state index contributed by atoms with van der Waals surface area (Å²) in [6, 6.07) is 0. The molecule has 1 atom stereocenters. The summed E-state index contributed by atoms with van der Waals surface area (Å²) in [5.41, 5.74) is 1.25. The number of hydrogen-bond acceptors (Lipinski definition) is 2. The fraction of sp³-hybridized carbons (Fsp3) is 0.500. The molecule has 0 aromatic heterocycles. The van der Waals surface area contributed by atoms with Gasteiger partial charge >= 0.3 is 5.97 Å². The molecule has 0 saturated heterocycles. The Balaban J connectivity index is 2.38. The molecule has 0 fully saturated rings. The third-order valence-electron chi connectivity index (χ3n) is 2.53. The molecule has 16 heavy (non-hydrogen) atoms. The molecule has 0 heterocycles. The number of esters is 1. The Labute approximate surface area is 97.7 Å². The van der Waals surface area contributed by atoms with E-state index in [1.54, 1.807) is 0 Å². The van der Waals surface area contributed by atoms with Crippen LogP contribution in [0.3, 0.4) is 0 Å². The molecule has 2 nitrogen and oxygen atoms in total. The van der Waals surface area contributed by atoms with Gasteiger partial charge in [0.15, 0.2) is 0 Å². The molecule has 2 heteroatoms. The van der Waals surface area contributed by atoms with Crippen LogP contribution in [0.25, 0.3) is 0 Å². The van der Waals surface area contributed by atoms with Gasteiger partial charge in [-0.3, -0.25) is 0 Å². The van der Waals surface area contributed by atoms with E-state index in [-0.39, 0.29) is 12.1 Å². The van der Waals surface area contributed by atoms with Crippen molar-refractivity contribution in [3.05, 3.63) is 36.0 Å². The van der Waals surface area contributed by atoms with Gasteiger partial charge in [0.25, 0.3) is 0 Å². The van der Waals surface area contributed by atoms with Crippen molar-refractivity contribution in [3.8, 4) is 0 Å². The van der Waals surface area contributed by atoms with Gasteiger partial charge < -0.3 is 4.74 Å². The van der Waals surface area contributed by atoms with Crippen LogP contribution in [0.15, 0.2) is 36.0 Å². The maximum Gasteiger partial charge on any atom is 0.331 e. The SMILES string of the molecule is C/C=C/C(C)OC(=O)/C=C/C1=CCCCC1. The van der Waals surface area contributed by atoms with Crippen LogP contribution in [0.2, 0.25) is 0 Å². The smallest absolute Gasteiger partial charge is 0.331 e. The molecule has 0 amide bonds. The number of rotatable bonds is 4. The summed E-state index contributed by atoms with van der Waals surface area (Å²) < 4.78 is 5.14. The normalized spacial score (nSPS) is 18.8. The molecule has 0 spiro atoms. The van der Waals surface area contributed by atoms with Crippen LogP contribution >= 0.6 is 0 Å². The van der Waals surface area contributed by atoms with E-state index >= 15 is 0 Å². The van der Waals surface area contributed by atoms with Crippen molar-refractivity contribution in [1.82, 2.24) is 0 Å². The zero-order valence-electron chi connectivity index (χ0n) is 10.1. The van der Waals surface area contributed by atoms with E-state index < -0.39 is 0 Å². The predicted molar refractivity (Wildman–Crippen MR) is 66.1 cm³/mol. The molecule has 88 valence electrons. The summed E-state index contributed by atoms with van der Waals surface area (Å²) in [5.74, 6) is -0.267. The third kappa shape index (κ3) is 4.96. The second-order valence-electron chi connectivity index (χ2n) is 4.03. The zero-order valence-corrected chi connectivity index (χ0v) is 10.1. The fourth-order valence-corrected chi connectivity index (χ4v) is 1.72. The van der Waals surface area contributed by atoms with Gasteiger partial charge in [-0.05, 0) is 45.6 Å². The highest BCUT2D eigenvalue weighted by molar-refractivity contribution is 5.82. The predicted octanol–water partition coefficient (Wildman–Crippen LogP) is 3.55. The first-order chi connectivity index (χ1) is 7.72. The van der Waals surface area contributed by atoms with Gasteiger partial charge in [0.1, 0.15) is 6.10 Å². The molecule has 1 rings (SSSR count). The second-order valence-corrected chi connectivity index (χ2v) is 4.03. The van der Waals surface area contributed by atoms with E-state index in [0.29, 0.717) is 0 Å². The number of carbonyl (C=O) groups excluding carboxylic acids is 1. The van der Waals surface area contributed by atoms with E-state index in [0.717, 1.165) is 12.8 Å². The maximum atomic E-state index is 11.4. The molecule has 0 saturated carbocycles. The van der Waals surface area contributed by atoms with Gasteiger partial charge in [0.05, 0.1) is 0 Å². The highest BCUT2D eigenvalue weighted by atomic mass is 16.5. The Bertz CT molecular complexity index is 311. The number of ether oxygens (including phenoxy) is 1. The molecule has 1 unspecified atom stereocenters. The lowest BCUT2D eigenvalue weighted by Gasteiger charge is -2.09.